The number of methoxy groups -OCH3 is 1. The van der Waals surface area contributed by atoms with Crippen LogP contribution in [0.25, 0.3) is 22.0 Å². The molecule has 6 aromatic rings. The summed E-state index contributed by atoms with van der Waals surface area (Å²) in [5.74, 6) is -0.438. The van der Waals surface area contributed by atoms with Crippen LogP contribution < -0.4 is 14.9 Å². The van der Waals surface area contributed by atoms with Gasteiger partial charge in [-0.05, 0) is 92.3 Å². The Hall–Kier alpha value is -5.78. The maximum absolute atomic E-state index is 14.1. The lowest BCUT2D eigenvalue weighted by Gasteiger charge is -2.36. The molecule has 0 saturated carbocycles. The number of sulfonamides is 1. The number of benzene rings is 5. The first kappa shape index (κ1) is 44.3. The maximum Gasteiger partial charge on any atom is 0.340 e. The fourth-order valence-electron chi connectivity index (χ4n) is 7.34. The Balaban J connectivity index is 1.09. The third-order valence-electron chi connectivity index (χ3n) is 10.6. The van der Waals surface area contributed by atoms with Gasteiger partial charge < -0.3 is 19.9 Å². The number of carbonyl (C=O) groups is 1. The average molecular weight is 896 g/mol. The molecule has 2 N–H and O–H groups in total. The van der Waals surface area contributed by atoms with Crippen LogP contribution in [0.1, 0.15) is 22.3 Å². The molecule has 0 aliphatic carbocycles. The van der Waals surface area contributed by atoms with E-state index in [0.29, 0.717) is 34.6 Å². The molecule has 5 aromatic carbocycles. The van der Waals surface area contributed by atoms with E-state index in [2.05, 4.69) is 48.0 Å². The smallest absolute Gasteiger partial charge is 0.340 e. The molecule has 0 bridgehead atoms. The van der Waals surface area contributed by atoms with Crippen molar-refractivity contribution in [3.05, 3.63) is 142 Å². The molecule has 1 unspecified atom stereocenters. The number of carbonyl (C=O) groups excluding carboxylic acids is 1. The SMILES string of the molecule is COC(=O)c1cc(S(=O)(=O)Nc2ncnc3cc(N4CCN(Cc5ccccc5-c5ccc(Cl)cc5)CC4)ccc23)cc([N+](=O)[O-])c1NC(CCN(C)C)CSc1ccccc1. The molecule has 1 aromatic heterocycles. The summed E-state index contributed by atoms with van der Waals surface area (Å²) in [6.07, 6.45) is 1.84. The third kappa shape index (κ3) is 10.8. The van der Waals surface area contributed by atoms with Gasteiger partial charge in [0, 0.05) is 71.6 Å². The van der Waals surface area contributed by atoms with Crippen molar-refractivity contribution >= 4 is 73.1 Å². The van der Waals surface area contributed by atoms with E-state index in [-0.39, 0.29) is 23.1 Å². The lowest BCUT2D eigenvalue weighted by Crippen LogP contribution is -2.46. The first-order valence-electron chi connectivity index (χ1n) is 20.0. The number of rotatable bonds is 17. The number of anilines is 3. The lowest BCUT2D eigenvalue weighted by molar-refractivity contribution is -0.384. The Morgan fingerprint density at radius 3 is 2.39 bits per heavy atom. The minimum absolute atomic E-state index is 0.0168. The number of fused-ring (bicyclic) bond motifs is 1. The highest BCUT2D eigenvalue weighted by molar-refractivity contribution is 7.99. The number of aromatic nitrogens is 2. The number of hydrogen-bond donors (Lipinski definition) is 2. The second-order valence-electron chi connectivity index (χ2n) is 15.1. The van der Waals surface area contributed by atoms with Crippen LogP contribution in [0.4, 0.5) is 22.9 Å². The van der Waals surface area contributed by atoms with E-state index < -0.39 is 31.5 Å². The monoisotopic (exact) mass is 894 g/mol. The van der Waals surface area contributed by atoms with E-state index in [9.17, 15) is 23.3 Å². The molecule has 17 heteroatoms. The number of piperazine rings is 1. The molecule has 7 rings (SSSR count). The molecule has 14 nitrogen and oxygen atoms in total. The van der Waals surface area contributed by atoms with Crippen LogP contribution in [-0.2, 0) is 21.3 Å². The normalized spacial score (nSPS) is 13.9. The van der Waals surface area contributed by atoms with Gasteiger partial charge in [-0.3, -0.25) is 19.7 Å². The summed E-state index contributed by atoms with van der Waals surface area (Å²) in [5, 5.41) is 17.0. The molecule has 1 saturated heterocycles. The van der Waals surface area contributed by atoms with Gasteiger partial charge in [-0.25, -0.2) is 23.2 Å². The molecule has 1 fully saturated rings. The molecule has 0 spiro atoms. The van der Waals surface area contributed by atoms with Gasteiger partial charge in [0.15, 0.2) is 5.82 Å². The highest BCUT2D eigenvalue weighted by Crippen LogP contribution is 2.36. The molecular weight excluding hydrogens is 848 g/mol. The fourth-order valence-corrected chi connectivity index (χ4v) is 9.53. The van der Waals surface area contributed by atoms with Crippen molar-refractivity contribution in [3.8, 4) is 11.1 Å². The third-order valence-corrected chi connectivity index (χ3v) is 13.4. The predicted molar refractivity (Wildman–Crippen MR) is 247 cm³/mol. The van der Waals surface area contributed by atoms with Gasteiger partial charge in [-0.15, -0.1) is 11.8 Å². The zero-order valence-electron chi connectivity index (χ0n) is 34.5. The van der Waals surface area contributed by atoms with Crippen molar-refractivity contribution in [2.24, 2.45) is 0 Å². The fraction of sp³-hybridized carbons (Fsp3) is 0.267. The Morgan fingerprint density at radius 2 is 1.68 bits per heavy atom. The summed E-state index contributed by atoms with van der Waals surface area (Å²) in [7, 11) is 0.441. The first-order valence-corrected chi connectivity index (χ1v) is 22.8. The number of nitro benzene ring substituents is 1. The first-order chi connectivity index (χ1) is 29.9. The van der Waals surface area contributed by atoms with Crippen molar-refractivity contribution in [3.63, 3.8) is 0 Å². The van der Waals surface area contributed by atoms with Crippen molar-refractivity contribution in [2.45, 2.75) is 28.8 Å². The molecule has 2 heterocycles. The van der Waals surface area contributed by atoms with Gasteiger partial charge in [0.25, 0.3) is 15.7 Å². The highest BCUT2D eigenvalue weighted by Gasteiger charge is 2.31. The standard InChI is InChI=1S/C45H47ClN8O6S2/c1-51(2)20-19-34(29-61-36-10-5-4-6-11-36)49-43-40(45(55)60-3)26-37(27-42(43)54(56)57)62(58,59)50-44-39-18-17-35(25-41(39)47-30-48-44)53-23-21-52(22-24-53)28-32-9-7-8-12-38(32)31-13-15-33(46)16-14-31/h4-18,25-27,30,34,49H,19-24,28-29H2,1-3H3,(H,47,48,50). The minimum Gasteiger partial charge on any atom is -0.465 e. The predicted octanol–water partition coefficient (Wildman–Crippen LogP) is 8.29. The summed E-state index contributed by atoms with van der Waals surface area (Å²) in [4.78, 5) is 41.0. The molecule has 62 heavy (non-hydrogen) atoms. The largest absolute Gasteiger partial charge is 0.465 e. The van der Waals surface area contributed by atoms with Crippen LogP contribution in [0.5, 0.6) is 0 Å². The van der Waals surface area contributed by atoms with E-state index in [0.717, 1.165) is 68.1 Å². The lowest BCUT2D eigenvalue weighted by atomic mass is 9.99. The quantitative estimate of drug-likeness (QED) is 0.0390. The van der Waals surface area contributed by atoms with E-state index in [1.807, 2.05) is 91.8 Å². The van der Waals surface area contributed by atoms with Crippen molar-refractivity contribution in [1.29, 1.82) is 0 Å². The second-order valence-corrected chi connectivity index (χ2v) is 18.3. The molecule has 0 radical (unpaired) electrons. The Bertz CT molecular complexity index is 2650. The molecule has 1 atom stereocenters. The van der Waals surface area contributed by atoms with E-state index in [1.165, 1.54) is 17.5 Å². The number of esters is 1. The van der Waals surface area contributed by atoms with Gasteiger partial charge in [-0.1, -0.05) is 66.2 Å². The molecule has 1 aliphatic rings. The molecule has 322 valence electrons. The summed E-state index contributed by atoms with van der Waals surface area (Å²) >= 11 is 7.70. The van der Waals surface area contributed by atoms with E-state index >= 15 is 0 Å². The Labute approximate surface area is 370 Å². The highest BCUT2D eigenvalue weighted by atomic mass is 35.5. The van der Waals surface area contributed by atoms with Crippen molar-refractivity contribution < 1.29 is 22.9 Å². The van der Waals surface area contributed by atoms with Crippen LogP contribution in [-0.4, -0.2) is 105 Å². The molecule has 0 amide bonds. The number of hydrogen-bond acceptors (Lipinski definition) is 13. The topological polar surface area (TPSA) is 163 Å². The Morgan fingerprint density at radius 1 is 0.952 bits per heavy atom. The summed E-state index contributed by atoms with van der Waals surface area (Å²) < 4.78 is 35.6. The van der Waals surface area contributed by atoms with E-state index in [1.54, 1.807) is 17.8 Å². The number of halogens is 1. The maximum atomic E-state index is 14.1. The summed E-state index contributed by atoms with van der Waals surface area (Å²) in [6, 6.07) is 33.2. The zero-order chi connectivity index (χ0) is 43.8. The molecule has 1 aliphatic heterocycles. The van der Waals surface area contributed by atoms with Crippen LogP contribution in [0.15, 0.2) is 125 Å². The van der Waals surface area contributed by atoms with Crippen molar-refractivity contribution in [2.75, 3.05) is 74.6 Å². The van der Waals surface area contributed by atoms with Gasteiger partial charge in [0.2, 0.25) is 0 Å². The summed E-state index contributed by atoms with van der Waals surface area (Å²) in [6.45, 7) is 4.66. The molecular formula is C45H47ClN8O6S2. The number of thioether (sulfide) groups is 1. The van der Waals surface area contributed by atoms with Crippen LogP contribution in [0, 0.1) is 10.1 Å². The van der Waals surface area contributed by atoms with Crippen LogP contribution >= 0.6 is 23.4 Å². The zero-order valence-corrected chi connectivity index (χ0v) is 36.9. The van der Waals surface area contributed by atoms with Crippen LogP contribution in [0.3, 0.4) is 0 Å². The van der Waals surface area contributed by atoms with Gasteiger partial charge >= 0.3 is 5.97 Å². The minimum atomic E-state index is -4.54. The Kier molecular flexibility index (Phi) is 14.2. The number of nitro groups is 1. The number of nitrogens with one attached hydrogen (secondary N) is 2. The van der Waals surface area contributed by atoms with Gasteiger partial charge in [0.1, 0.15) is 12.0 Å². The van der Waals surface area contributed by atoms with Gasteiger partial charge in [0.05, 0.1) is 28.0 Å². The van der Waals surface area contributed by atoms with Crippen molar-refractivity contribution in [1.82, 2.24) is 19.8 Å². The van der Waals surface area contributed by atoms with Gasteiger partial charge in [-0.2, -0.15) is 0 Å². The van der Waals surface area contributed by atoms with Crippen LogP contribution in [0.2, 0.25) is 5.02 Å². The van der Waals surface area contributed by atoms with E-state index in [4.69, 9.17) is 16.3 Å². The number of nitrogens with zero attached hydrogens (tertiary/aromatic N) is 6. The summed E-state index contributed by atoms with van der Waals surface area (Å²) in [5.41, 5.74) is 3.98. The average Bonchev–Trinajstić information content (AvgIpc) is 3.27. The number of ether oxygens (including phenoxy) is 1. The second kappa shape index (κ2) is 19.9.